The quantitative estimate of drug-likeness (QED) is 0.182. The highest BCUT2D eigenvalue weighted by Crippen LogP contribution is 2.38. The number of sulfonamides is 1. The molecule has 230 valence electrons. The van der Waals surface area contributed by atoms with Crippen molar-refractivity contribution in [1.29, 1.82) is 10.8 Å². The van der Waals surface area contributed by atoms with E-state index in [0.29, 0.717) is 34.8 Å². The summed E-state index contributed by atoms with van der Waals surface area (Å²) in [6, 6.07) is 9.06. The molecule has 2 heterocycles. The van der Waals surface area contributed by atoms with Crippen LogP contribution in [0.15, 0.2) is 42.5 Å². The average molecular weight is 643 g/mol. The lowest BCUT2D eigenvalue weighted by Crippen LogP contribution is -2.40. The van der Waals surface area contributed by atoms with Gasteiger partial charge in [-0.25, -0.2) is 8.42 Å². The van der Waals surface area contributed by atoms with Crippen LogP contribution in [0.1, 0.15) is 43.4 Å². The Balaban J connectivity index is 0.00000308. The first-order chi connectivity index (χ1) is 19.0. The van der Waals surface area contributed by atoms with Crippen LogP contribution in [-0.2, 0) is 26.0 Å². The number of amidine groups is 2. The highest BCUT2D eigenvalue weighted by atomic mass is 35.5. The number of carbonyl (C=O) groups excluding carboxylic acids is 1. The third-order valence-electron chi connectivity index (χ3n) is 6.98. The summed E-state index contributed by atoms with van der Waals surface area (Å²) >= 11 is 0. The Morgan fingerprint density at radius 2 is 1.83 bits per heavy atom. The van der Waals surface area contributed by atoms with Crippen molar-refractivity contribution >= 4 is 64.2 Å². The summed E-state index contributed by atoms with van der Waals surface area (Å²) in [7, 11) is -4.11. The number of hydrogen-bond acceptors (Lipinski definition) is 8. The molecule has 0 saturated carbocycles. The minimum absolute atomic E-state index is 0. The summed E-state index contributed by atoms with van der Waals surface area (Å²) in [5, 5.41) is 25.8. The second-order valence-corrected chi connectivity index (χ2v) is 11.7. The zero-order valence-electron chi connectivity index (χ0n) is 23.4. The molecule has 1 fully saturated rings. The van der Waals surface area contributed by atoms with Gasteiger partial charge in [-0.2, -0.15) is 0 Å². The maximum atomic E-state index is 13.4. The molecule has 0 aliphatic carbocycles. The van der Waals surface area contributed by atoms with Gasteiger partial charge in [-0.15, -0.1) is 24.8 Å². The van der Waals surface area contributed by atoms with E-state index in [0.717, 1.165) is 31.5 Å². The molecule has 11 nitrogen and oxygen atoms in total. The van der Waals surface area contributed by atoms with Crippen molar-refractivity contribution in [3.05, 3.63) is 59.2 Å². The molecule has 2 aliphatic rings. The van der Waals surface area contributed by atoms with Crippen LogP contribution in [0.5, 0.6) is 11.5 Å². The minimum atomic E-state index is -4.11. The normalized spacial score (nSPS) is 16.8. The molecule has 0 spiro atoms. The summed E-state index contributed by atoms with van der Waals surface area (Å²) in [5.74, 6) is -0.676. The number of fused-ring (bicyclic) bond motifs is 1. The molecule has 1 saturated heterocycles. The second kappa shape index (κ2) is 14.6. The van der Waals surface area contributed by atoms with E-state index in [1.165, 1.54) is 16.4 Å². The number of hydrogen-bond donors (Lipinski definition) is 4. The fourth-order valence-corrected chi connectivity index (χ4v) is 6.55. The van der Waals surface area contributed by atoms with Crippen molar-refractivity contribution in [1.82, 2.24) is 4.90 Å². The number of aromatic hydroxyl groups is 1. The molecule has 1 unspecified atom stereocenters. The van der Waals surface area contributed by atoms with Crippen molar-refractivity contribution < 1.29 is 27.8 Å². The highest BCUT2D eigenvalue weighted by molar-refractivity contribution is 7.93. The summed E-state index contributed by atoms with van der Waals surface area (Å²) in [6.07, 6.45) is 5.11. The molecule has 2 aromatic carbocycles. The maximum absolute atomic E-state index is 13.4. The van der Waals surface area contributed by atoms with Crippen molar-refractivity contribution in [3.63, 3.8) is 0 Å². The fraction of sp³-hybridized carbons (Fsp3) is 0.393. The van der Waals surface area contributed by atoms with Crippen molar-refractivity contribution in [3.8, 4) is 11.5 Å². The third-order valence-corrected chi connectivity index (χ3v) is 8.65. The predicted molar refractivity (Wildman–Crippen MR) is 168 cm³/mol. The van der Waals surface area contributed by atoms with Crippen LogP contribution in [0.4, 0.5) is 5.69 Å². The zero-order chi connectivity index (χ0) is 29.0. The Hall–Kier alpha value is -3.48. The molecule has 0 bridgehead atoms. The van der Waals surface area contributed by atoms with Crippen LogP contribution in [-0.4, -0.2) is 73.7 Å². The van der Waals surface area contributed by atoms with E-state index < -0.39 is 27.8 Å². The second-order valence-electron chi connectivity index (χ2n) is 9.86. The molecule has 0 radical (unpaired) electrons. The molecule has 5 N–H and O–H groups in total. The van der Waals surface area contributed by atoms with Gasteiger partial charge < -0.3 is 25.2 Å². The van der Waals surface area contributed by atoms with Crippen LogP contribution in [0, 0.1) is 10.8 Å². The average Bonchev–Trinajstić information content (AvgIpc) is 3.27. The van der Waals surface area contributed by atoms with Gasteiger partial charge in [0.15, 0.2) is 5.75 Å². The Bertz CT molecular complexity index is 1440. The standard InChI is InChI=1S/C28H35N5O6S.2ClH/c1-3-38-27(35)17-40(36,37)33-22(6-4-19-14-20(28(30)31)5-9-26(19)34)15-21-16-24(7-8-25(21)33)39-23-10-12-32(13-11-23)18(2)29;;/h4-9,14,16,22-23,29,34H,3,10-13,15,17H2,1-2H3,(H3,30,31);2*1H/b6-4+,29-18?;;. The number of phenolic OH excluding ortho intramolecular Hbond substituents is 1. The van der Waals surface area contributed by atoms with Gasteiger partial charge in [0.25, 0.3) is 0 Å². The van der Waals surface area contributed by atoms with Crippen molar-refractivity contribution in [2.75, 3.05) is 29.8 Å². The molecule has 2 aromatic rings. The SMILES string of the molecule is CCOC(=O)CS(=O)(=O)N1c2ccc(OC3CCN(C(C)=N)CC3)cc2CC1/C=C/c1cc(C(=N)N)ccc1O.Cl.Cl. The fourth-order valence-electron chi connectivity index (χ4n) is 5.00. The number of nitrogens with one attached hydrogen (secondary N) is 2. The Morgan fingerprint density at radius 3 is 2.45 bits per heavy atom. The molecular weight excluding hydrogens is 605 g/mol. The first-order valence-electron chi connectivity index (χ1n) is 13.1. The van der Waals surface area contributed by atoms with Gasteiger partial charge >= 0.3 is 5.97 Å². The summed E-state index contributed by atoms with van der Waals surface area (Å²) in [6.45, 7) is 4.94. The Labute approximate surface area is 258 Å². The van der Waals surface area contributed by atoms with E-state index in [4.69, 9.17) is 26.0 Å². The summed E-state index contributed by atoms with van der Waals surface area (Å²) in [5.41, 5.74) is 7.57. The van der Waals surface area contributed by atoms with Gasteiger partial charge in [0.05, 0.1) is 24.2 Å². The number of nitrogen functional groups attached to an aromatic ring is 1. The van der Waals surface area contributed by atoms with Crippen molar-refractivity contribution in [2.45, 2.75) is 45.3 Å². The Morgan fingerprint density at radius 1 is 1.14 bits per heavy atom. The molecule has 0 amide bonds. The molecule has 4 rings (SSSR count). The topological polar surface area (TPSA) is 170 Å². The maximum Gasteiger partial charge on any atom is 0.323 e. The van der Waals surface area contributed by atoms with Crippen LogP contribution < -0.4 is 14.8 Å². The Kier molecular flexibility index (Phi) is 12.1. The number of carbonyl (C=O) groups is 1. The number of likely N-dealkylation sites (tertiary alicyclic amines) is 1. The predicted octanol–water partition coefficient (Wildman–Crippen LogP) is 3.70. The van der Waals surface area contributed by atoms with E-state index in [-0.39, 0.29) is 49.1 Å². The van der Waals surface area contributed by atoms with E-state index in [2.05, 4.69) is 0 Å². The minimum Gasteiger partial charge on any atom is -0.507 e. The van der Waals surface area contributed by atoms with Crippen LogP contribution in [0.2, 0.25) is 0 Å². The highest BCUT2D eigenvalue weighted by Gasteiger charge is 2.38. The molecule has 1 atom stereocenters. The molecule has 0 aromatic heterocycles. The molecule has 2 aliphatic heterocycles. The van der Waals surface area contributed by atoms with E-state index in [9.17, 15) is 18.3 Å². The van der Waals surface area contributed by atoms with Gasteiger partial charge in [0.1, 0.15) is 23.4 Å². The number of halogens is 2. The van der Waals surface area contributed by atoms with Crippen LogP contribution >= 0.6 is 24.8 Å². The van der Waals surface area contributed by atoms with E-state index in [1.807, 2.05) is 11.0 Å². The van der Waals surface area contributed by atoms with Gasteiger partial charge in [0.2, 0.25) is 10.0 Å². The molecule has 42 heavy (non-hydrogen) atoms. The number of esters is 1. The smallest absolute Gasteiger partial charge is 0.323 e. The van der Waals surface area contributed by atoms with E-state index >= 15 is 0 Å². The first kappa shape index (κ1) is 34.7. The van der Waals surface area contributed by atoms with Crippen LogP contribution in [0.3, 0.4) is 0 Å². The number of benzene rings is 2. The van der Waals surface area contributed by atoms with Gasteiger partial charge in [-0.1, -0.05) is 12.2 Å². The number of nitrogens with two attached hydrogens (primary N) is 1. The largest absolute Gasteiger partial charge is 0.507 e. The van der Waals surface area contributed by atoms with Gasteiger partial charge in [-0.05, 0) is 62.2 Å². The summed E-state index contributed by atoms with van der Waals surface area (Å²) < 4.78 is 39.2. The van der Waals surface area contributed by atoms with Gasteiger partial charge in [0, 0.05) is 37.1 Å². The number of rotatable bonds is 9. The van der Waals surface area contributed by atoms with Gasteiger partial charge in [-0.3, -0.25) is 19.9 Å². The summed E-state index contributed by atoms with van der Waals surface area (Å²) in [4.78, 5) is 14.2. The van der Waals surface area contributed by atoms with E-state index in [1.54, 1.807) is 44.2 Å². The zero-order valence-corrected chi connectivity index (χ0v) is 25.9. The number of nitrogens with zero attached hydrogens (tertiary/aromatic N) is 2. The number of anilines is 1. The lowest BCUT2D eigenvalue weighted by molar-refractivity contribution is -0.139. The number of phenols is 1. The monoisotopic (exact) mass is 641 g/mol. The lowest BCUT2D eigenvalue weighted by atomic mass is 10.1. The first-order valence-corrected chi connectivity index (χ1v) is 14.7. The molecular formula is C28H37Cl2N5O6S. The molecule has 14 heteroatoms. The van der Waals surface area contributed by atoms with Crippen LogP contribution in [0.25, 0.3) is 6.08 Å². The number of piperidine rings is 1. The number of ether oxygens (including phenoxy) is 2. The lowest BCUT2D eigenvalue weighted by Gasteiger charge is -2.32. The van der Waals surface area contributed by atoms with Crippen molar-refractivity contribution in [2.24, 2.45) is 5.73 Å². The third kappa shape index (κ3) is 8.08.